The van der Waals surface area contributed by atoms with Crippen molar-refractivity contribution in [1.82, 2.24) is 5.32 Å². The Balaban J connectivity index is 1.85. The van der Waals surface area contributed by atoms with Gasteiger partial charge in [0.1, 0.15) is 0 Å². The van der Waals surface area contributed by atoms with Crippen LogP contribution in [0.1, 0.15) is 10.4 Å². The first-order chi connectivity index (χ1) is 9.58. The zero-order valence-corrected chi connectivity index (χ0v) is 13.2. The Hall–Kier alpha value is -1.07. The minimum atomic E-state index is -0.172. The van der Waals surface area contributed by atoms with E-state index in [4.69, 9.17) is 23.2 Å². The first-order valence-corrected chi connectivity index (χ1v) is 7.69. The number of para-hydroxylation sites is 1. The summed E-state index contributed by atoms with van der Waals surface area (Å²) in [7, 11) is 0. The molecular weight excluding hydrogens is 315 g/mol. The van der Waals surface area contributed by atoms with Gasteiger partial charge >= 0.3 is 0 Å². The second-order valence-corrected chi connectivity index (χ2v) is 6.09. The van der Waals surface area contributed by atoms with E-state index in [1.54, 1.807) is 29.5 Å². The van der Waals surface area contributed by atoms with Crippen LogP contribution in [0.4, 0.5) is 5.69 Å². The minimum Gasteiger partial charge on any atom is -0.322 e. The topological polar surface area (TPSA) is 41.1 Å². The molecule has 0 bridgehead atoms. The molecule has 20 heavy (non-hydrogen) atoms. The van der Waals surface area contributed by atoms with Crippen LogP contribution in [0.25, 0.3) is 0 Å². The molecule has 1 aromatic heterocycles. The minimum absolute atomic E-state index is 0.172. The van der Waals surface area contributed by atoms with Gasteiger partial charge in [-0.1, -0.05) is 29.3 Å². The van der Waals surface area contributed by atoms with Crippen molar-refractivity contribution in [2.45, 2.75) is 13.5 Å². The van der Waals surface area contributed by atoms with E-state index in [0.717, 1.165) is 0 Å². The van der Waals surface area contributed by atoms with E-state index in [1.807, 2.05) is 5.38 Å². The standard InChI is InChI=1S/C14H14Cl2N2OS/c1-9-5-6-20-12(9)7-17-8-13(19)18-14-10(15)3-2-4-11(14)16/h2-6,17H,7-8H2,1H3,(H,18,19). The molecule has 6 heteroatoms. The van der Waals surface area contributed by atoms with Crippen LogP contribution in [0.5, 0.6) is 0 Å². The van der Waals surface area contributed by atoms with Crippen molar-refractivity contribution >= 4 is 46.1 Å². The van der Waals surface area contributed by atoms with E-state index >= 15 is 0 Å². The third-order valence-electron chi connectivity index (χ3n) is 2.77. The van der Waals surface area contributed by atoms with Gasteiger partial charge < -0.3 is 10.6 Å². The van der Waals surface area contributed by atoms with Gasteiger partial charge in [-0.2, -0.15) is 0 Å². The number of benzene rings is 1. The molecule has 0 aliphatic heterocycles. The lowest BCUT2D eigenvalue weighted by Gasteiger charge is -2.09. The van der Waals surface area contributed by atoms with Crippen molar-refractivity contribution in [3.8, 4) is 0 Å². The third kappa shape index (κ3) is 3.96. The number of hydrogen-bond donors (Lipinski definition) is 2. The number of hydrogen-bond acceptors (Lipinski definition) is 3. The summed E-state index contributed by atoms with van der Waals surface area (Å²) in [6.07, 6.45) is 0. The summed E-state index contributed by atoms with van der Waals surface area (Å²) in [5.74, 6) is -0.172. The van der Waals surface area contributed by atoms with Crippen LogP contribution in [-0.4, -0.2) is 12.5 Å². The van der Waals surface area contributed by atoms with Crippen LogP contribution in [0.15, 0.2) is 29.6 Å². The molecule has 2 aromatic rings. The van der Waals surface area contributed by atoms with Gasteiger partial charge in [0.25, 0.3) is 0 Å². The summed E-state index contributed by atoms with van der Waals surface area (Å²) >= 11 is 13.7. The molecule has 2 rings (SSSR count). The highest BCUT2D eigenvalue weighted by Crippen LogP contribution is 2.29. The monoisotopic (exact) mass is 328 g/mol. The van der Waals surface area contributed by atoms with Crippen molar-refractivity contribution in [1.29, 1.82) is 0 Å². The molecule has 0 fully saturated rings. The molecule has 0 aliphatic carbocycles. The fourth-order valence-corrected chi connectivity index (χ4v) is 3.04. The van der Waals surface area contributed by atoms with E-state index in [9.17, 15) is 4.79 Å². The molecule has 0 saturated carbocycles. The molecular formula is C14H14Cl2N2OS. The second-order valence-electron chi connectivity index (χ2n) is 4.28. The Morgan fingerprint density at radius 1 is 1.25 bits per heavy atom. The largest absolute Gasteiger partial charge is 0.322 e. The lowest BCUT2D eigenvalue weighted by atomic mass is 10.3. The maximum atomic E-state index is 11.8. The molecule has 0 unspecified atom stereocenters. The average Bonchev–Trinajstić information content (AvgIpc) is 2.80. The van der Waals surface area contributed by atoms with Crippen LogP contribution in [0, 0.1) is 6.92 Å². The molecule has 0 aliphatic rings. The number of amides is 1. The number of aryl methyl sites for hydroxylation is 1. The Kier molecular flexibility index (Phi) is 5.43. The molecule has 1 aromatic carbocycles. The summed E-state index contributed by atoms with van der Waals surface area (Å²) in [6.45, 7) is 2.93. The van der Waals surface area contributed by atoms with Crippen molar-refractivity contribution in [2.75, 3.05) is 11.9 Å². The smallest absolute Gasteiger partial charge is 0.238 e. The highest BCUT2D eigenvalue weighted by atomic mass is 35.5. The summed E-state index contributed by atoms with van der Waals surface area (Å²) in [4.78, 5) is 13.1. The quantitative estimate of drug-likeness (QED) is 0.867. The Morgan fingerprint density at radius 3 is 2.55 bits per heavy atom. The maximum Gasteiger partial charge on any atom is 0.238 e. The van der Waals surface area contributed by atoms with Gasteiger partial charge in [0.2, 0.25) is 5.91 Å². The first-order valence-electron chi connectivity index (χ1n) is 6.05. The number of nitrogens with one attached hydrogen (secondary N) is 2. The van der Waals surface area contributed by atoms with Crippen LogP contribution in [0.3, 0.4) is 0 Å². The highest BCUT2D eigenvalue weighted by Gasteiger charge is 2.09. The number of halogens is 2. The second kappa shape index (κ2) is 7.09. The SMILES string of the molecule is Cc1ccsc1CNCC(=O)Nc1c(Cl)cccc1Cl. The lowest BCUT2D eigenvalue weighted by molar-refractivity contribution is -0.115. The van der Waals surface area contributed by atoms with E-state index in [1.165, 1.54) is 10.4 Å². The van der Waals surface area contributed by atoms with Crippen molar-refractivity contribution in [3.63, 3.8) is 0 Å². The fraction of sp³-hybridized carbons (Fsp3) is 0.214. The molecule has 0 atom stereocenters. The Bertz CT molecular complexity index is 593. The normalized spacial score (nSPS) is 10.6. The van der Waals surface area contributed by atoms with Gasteiger partial charge in [0.15, 0.2) is 0 Å². The van der Waals surface area contributed by atoms with Gasteiger partial charge in [0, 0.05) is 11.4 Å². The number of thiophene rings is 1. The lowest BCUT2D eigenvalue weighted by Crippen LogP contribution is -2.27. The van der Waals surface area contributed by atoms with Gasteiger partial charge in [-0.15, -0.1) is 11.3 Å². The summed E-state index contributed by atoms with van der Waals surface area (Å²) in [6, 6.07) is 7.17. The summed E-state index contributed by atoms with van der Waals surface area (Å²) in [5.41, 5.74) is 1.69. The molecule has 1 amide bonds. The number of anilines is 1. The summed E-state index contributed by atoms with van der Waals surface area (Å²) in [5, 5.41) is 8.71. The maximum absolute atomic E-state index is 11.8. The van der Waals surface area contributed by atoms with E-state index in [0.29, 0.717) is 22.3 Å². The molecule has 3 nitrogen and oxygen atoms in total. The number of carbonyl (C=O) groups excluding carboxylic acids is 1. The predicted molar refractivity (Wildman–Crippen MR) is 85.9 cm³/mol. The number of rotatable bonds is 5. The first kappa shape index (κ1) is 15.3. The van der Waals surface area contributed by atoms with Gasteiger partial charge in [0.05, 0.1) is 22.3 Å². The molecule has 0 radical (unpaired) electrons. The summed E-state index contributed by atoms with van der Waals surface area (Å²) < 4.78 is 0. The highest BCUT2D eigenvalue weighted by molar-refractivity contribution is 7.10. The van der Waals surface area contributed by atoms with Crippen molar-refractivity contribution in [2.24, 2.45) is 0 Å². The van der Waals surface area contributed by atoms with Crippen LogP contribution < -0.4 is 10.6 Å². The predicted octanol–water partition coefficient (Wildman–Crippen LogP) is 4.09. The number of carbonyl (C=O) groups is 1. The fourth-order valence-electron chi connectivity index (χ4n) is 1.68. The van der Waals surface area contributed by atoms with E-state index in [2.05, 4.69) is 23.6 Å². The van der Waals surface area contributed by atoms with Crippen molar-refractivity contribution in [3.05, 3.63) is 50.1 Å². The Morgan fingerprint density at radius 2 is 1.95 bits per heavy atom. The van der Waals surface area contributed by atoms with Crippen LogP contribution >= 0.6 is 34.5 Å². The van der Waals surface area contributed by atoms with Gasteiger partial charge in [-0.3, -0.25) is 4.79 Å². The van der Waals surface area contributed by atoms with Crippen LogP contribution in [-0.2, 0) is 11.3 Å². The van der Waals surface area contributed by atoms with E-state index < -0.39 is 0 Å². The molecule has 106 valence electrons. The van der Waals surface area contributed by atoms with E-state index in [-0.39, 0.29) is 12.5 Å². The molecule has 2 N–H and O–H groups in total. The average molecular weight is 329 g/mol. The third-order valence-corrected chi connectivity index (χ3v) is 4.42. The van der Waals surface area contributed by atoms with Crippen LogP contribution in [0.2, 0.25) is 10.0 Å². The Labute approximate surface area is 131 Å². The molecule has 0 spiro atoms. The zero-order chi connectivity index (χ0) is 14.5. The van der Waals surface area contributed by atoms with Crippen molar-refractivity contribution < 1.29 is 4.79 Å². The zero-order valence-electron chi connectivity index (χ0n) is 10.9. The van der Waals surface area contributed by atoms with Gasteiger partial charge in [-0.05, 0) is 36.1 Å². The van der Waals surface area contributed by atoms with Gasteiger partial charge in [-0.25, -0.2) is 0 Å². The molecule has 0 saturated heterocycles. The molecule has 1 heterocycles.